The van der Waals surface area contributed by atoms with Crippen LogP contribution in [0.15, 0.2) is 24.4 Å². The van der Waals surface area contributed by atoms with Crippen molar-refractivity contribution in [1.82, 2.24) is 9.78 Å². The summed E-state index contributed by atoms with van der Waals surface area (Å²) < 4.78 is 1.77. The number of nitrogens with two attached hydrogens (primary N) is 1. The van der Waals surface area contributed by atoms with Crippen LogP contribution in [0.5, 0.6) is 0 Å². The first-order valence-corrected chi connectivity index (χ1v) is 6.61. The Kier molecular flexibility index (Phi) is 3.79. The van der Waals surface area contributed by atoms with Gasteiger partial charge in [0.05, 0.1) is 6.20 Å². The minimum atomic E-state index is -0.170. The van der Waals surface area contributed by atoms with Gasteiger partial charge in [-0.15, -0.1) is 0 Å². The second-order valence-electron chi connectivity index (χ2n) is 5.23. The van der Waals surface area contributed by atoms with Gasteiger partial charge in [0.25, 0.3) is 5.91 Å². The Morgan fingerprint density at radius 2 is 2.00 bits per heavy atom. The molecule has 1 heterocycles. The summed E-state index contributed by atoms with van der Waals surface area (Å²) in [6.07, 6.45) is 1.67. The van der Waals surface area contributed by atoms with E-state index in [2.05, 4.69) is 10.4 Å². The summed E-state index contributed by atoms with van der Waals surface area (Å²) in [4.78, 5) is 12.4. The van der Waals surface area contributed by atoms with E-state index in [-0.39, 0.29) is 11.9 Å². The van der Waals surface area contributed by atoms with Crippen LogP contribution in [0, 0.1) is 13.8 Å². The molecule has 1 amide bonds. The van der Waals surface area contributed by atoms with Crippen molar-refractivity contribution in [1.29, 1.82) is 0 Å². The van der Waals surface area contributed by atoms with E-state index >= 15 is 0 Å². The van der Waals surface area contributed by atoms with Crippen LogP contribution < -0.4 is 11.1 Å². The highest BCUT2D eigenvalue weighted by Crippen LogP contribution is 2.20. The molecule has 0 spiro atoms. The Balaban J connectivity index is 2.29. The molecular weight excluding hydrogens is 252 g/mol. The highest BCUT2D eigenvalue weighted by molar-refractivity contribution is 6.05. The van der Waals surface area contributed by atoms with E-state index in [1.54, 1.807) is 23.0 Å². The summed E-state index contributed by atoms with van der Waals surface area (Å²) in [7, 11) is 0. The molecule has 1 aromatic heterocycles. The van der Waals surface area contributed by atoms with Crippen LogP contribution in [0.2, 0.25) is 0 Å². The van der Waals surface area contributed by atoms with Gasteiger partial charge in [0.1, 0.15) is 5.82 Å². The van der Waals surface area contributed by atoms with Crippen molar-refractivity contribution in [3.8, 4) is 0 Å². The Morgan fingerprint density at radius 3 is 2.65 bits per heavy atom. The fourth-order valence-corrected chi connectivity index (χ4v) is 2.12. The summed E-state index contributed by atoms with van der Waals surface area (Å²) in [6, 6.07) is 5.61. The van der Waals surface area contributed by atoms with Gasteiger partial charge in [-0.3, -0.25) is 4.79 Å². The number of anilines is 2. The third-order valence-electron chi connectivity index (χ3n) is 3.26. The quantitative estimate of drug-likeness (QED) is 0.844. The molecule has 0 atom stereocenters. The van der Waals surface area contributed by atoms with Crippen molar-refractivity contribution in [2.45, 2.75) is 33.7 Å². The van der Waals surface area contributed by atoms with E-state index < -0.39 is 0 Å². The lowest BCUT2D eigenvalue weighted by molar-refractivity contribution is 0.102. The van der Waals surface area contributed by atoms with E-state index in [0.29, 0.717) is 17.1 Å². The van der Waals surface area contributed by atoms with Crippen LogP contribution in [0.1, 0.15) is 41.4 Å². The normalized spacial score (nSPS) is 10.8. The fraction of sp³-hybridized carbons (Fsp3) is 0.333. The van der Waals surface area contributed by atoms with Gasteiger partial charge < -0.3 is 11.1 Å². The van der Waals surface area contributed by atoms with Gasteiger partial charge in [-0.1, -0.05) is 6.07 Å². The van der Waals surface area contributed by atoms with Crippen molar-refractivity contribution in [3.63, 3.8) is 0 Å². The second-order valence-corrected chi connectivity index (χ2v) is 5.23. The Bertz CT molecular complexity index is 643. The number of hydrogen-bond acceptors (Lipinski definition) is 3. The lowest BCUT2D eigenvalue weighted by atomic mass is 10.0. The summed E-state index contributed by atoms with van der Waals surface area (Å²) >= 11 is 0. The molecule has 0 saturated heterocycles. The SMILES string of the molecule is Cc1cc(C)c(C(=O)Nc2ccnn2C(C)C)cc1N. The number of carbonyl (C=O) groups excluding carboxylic acids is 1. The summed E-state index contributed by atoms with van der Waals surface area (Å²) in [5.74, 6) is 0.514. The van der Waals surface area contributed by atoms with E-state index in [1.165, 1.54) is 0 Å². The third-order valence-corrected chi connectivity index (χ3v) is 3.26. The van der Waals surface area contributed by atoms with Gasteiger partial charge in [0, 0.05) is 23.4 Å². The maximum atomic E-state index is 12.4. The number of nitrogens with zero attached hydrogens (tertiary/aromatic N) is 2. The van der Waals surface area contributed by atoms with Crippen molar-refractivity contribution >= 4 is 17.4 Å². The summed E-state index contributed by atoms with van der Waals surface area (Å²) in [5.41, 5.74) is 8.98. The Labute approximate surface area is 118 Å². The lowest BCUT2D eigenvalue weighted by Crippen LogP contribution is -2.18. The van der Waals surface area contributed by atoms with Gasteiger partial charge in [-0.2, -0.15) is 5.10 Å². The first-order valence-electron chi connectivity index (χ1n) is 6.61. The van der Waals surface area contributed by atoms with E-state index in [1.807, 2.05) is 33.8 Å². The zero-order valence-electron chi connectivity index (χ0n) is 12.3. The first-order chi connectivity index (χ1) is 9.40. The standard InChI is InChI=1S/C15H20N4O/c1-9(2)19-14(5-6-17-19)18-15(20)12-8-13(16)11(4)7-10(12)3/h5-9H,16H2,1-4H3,(H,18,20). The zero-order chi connectivity index (χ0) is 14.9. The third kappa shape index (κ3) is 2.66. The number of aryl methyl sites for hydroxylation is 2. The highest BCUT2D eigenvalue weighted by Gasteiger charge is 2.14. The van der Waals surface area contributed by atoms with Crippen LogP contribution in [0.4, 0.5) is 11.5 Å². The minimum Gasteiger partial charge on any atom is -0.398 e. The molecule has 0 aliphatic carbocycles. The van der Waals surface area contributed by atoms with E-state index in [4.69, 9.17) is 5.73 Å². The summed E-state index contributed by atoms with van der Waals surface area (Å²) in [6.45, 7) is 7.86. The zero-order valence-corrected chi connectivity index (χ0v) is 12.3. The number of aromatic nitrogens is 2. The number of benzene rings is 1. The molecule has 0 bridgehead atoms. The molecule has 5 heteroatoms. The molecule has 5 nitrogen and oxygen atoms in total. The maximum absolute atomic E-state index is 12.4. The molecule has 0 aliphatic rings. The number of nitrogens with one attached hydrogen (secondary N) is 1. The maximum Gasteiger partial charge on any atom is 0.257 e. The Morgan fingerprint density at radius 1 is 1.30 bits per heavy atom. The average Bonchev–Trinajstić information content (AvgIpc) is 2.81. The van der Waals surface area contributed by atoms with Gasteiger partial charge in [-0.05, 0) is 44.9 Å². The topological polar surface area (TPSA) is 72.9 Å². The number of amides is 1. The van der Waals surface area contributed by atoms with Gasteiger partial charge in [0.2, 0.25) is 0 Å². The molecule has 0 saturated carbocycles. The van der Waals surface area contributed by atoms with Crippen molar-refractivity contribution in [2.75, 3.05) is 11.1 Å². The molecule has 0 radical (unpaired) electrons. The fourth-order valence-electron chi connectivity index (χ4n) is 2.12. The molecule has 0 aliphatic heterocycles. The van der Waals surface area contributed by atoms with Crippen LogP contribution in [-0.4, -0.2) is 15.7 Å². The van der Waals surface area contributed by atoms with Crippen LogP contribution in [0.3, 0.4) is 0 Å². The predicted molar refractivity (Wildman–Crippen MR) is 80.9 cm³/mol. The smallest absolute Gasteiger partial charge is 0.257 e. The second kappa shape index (κ2) is 5.36. The number of rotatable bonds is 3. The van der Waals surface area contributed by atoms with Crippen molar-refractivity contribution in [2.24, 2.45) is 0 Å². The van der Waals surface area contributed by atoms with Gasteiger partial charge >= 0.3 is 0 Å². The molecule has 20 heavy (non-hydrogen) atoms. The summed E-state index contributed by atoms with van der Waals surface area (Å²) in [5, 5.41) is 7.08. The lowest BCUT2D eigenvalue weighted by Gasteiger charge is -2.13. The van der Waals surface area contributed by atoms with Gasteiger partial charge in [0.15, 0.2) is 0 Å². The number of nitrogen functional groups attached to an aromatic ring is 1. The molecule has 106 valence electrons. The largest absolute Gasteiger partial charge is 0.398 e. The average molecular weight is 272 g/mol. The predicted octanol–water partition coefficient (Wildman–Crippen LogP) is 2.92. The molecule has 3 N–H and O–H groups in total. The molecule has 2 aromatic rings. The molecule has 0 unspecified atom stereocenters. The molecule has 2 rings (SSSR count). The number of hydrogen-bond donors (Lipinski definition) is 2. The van der Waals surface area contributed by atoms with E-state index in [9.17, 15) is 4.79 Å². The van der Waals surface area contributed by atoms with Crippen LogP contribution >= 0.6 is 0 Å². The van der Waals surface area contributed by atoms with Crippen LogP contribution in [0.25, 0.3) is 0 Å². The molecular formula is C15H20N4O. The monoisotopic (exact) mass is 272 g/mol. The molecule has 0 fully saturated rings. The Hall–Kier alpha value is -2.30. The first kappa shape index (κ1) is 14.1. The minimum absolute atomic E-state index is 0.170. The highest BCUT2D eigenvalue weighted by atomic mass is 16.1. The number of carbonyl (C=O) groups is 1. The van der Waals surface area contributed by atoms with Crippen LogP contribution in [-0.2, 0) is 0 Å². The van der Waals surface area contributed by atoms with Crippen molar-refractivity contribution in [3.05, 3.63) is 41.1 Å². The molecule has 1 aromatic carbocycles. The van der Waals surface area contributed by atoms with Crippen molar-refractivity contribution < 1.29 is 4.79 Å². The van der Waals surface area contributed by atoms with E-state index in [0.717, 1.165) is 11.1 Å². The van der Waals surface area contributed by atoms with Gasteiger partial charge in [-0.25, -0.2) is 4.68 Å².